The number of anilines is 1. The molecule has 0 saturated carbocycles. The lowest BCUT2D eigenvalue weighted by atomic mass is 10.1. The molecule has 2 aromatic carbocycles. The summed E-state index contributed by atoms with van der Waals surface area (Å²) < 4.78 is 5.90. The summed E-state index contributed by atoms with van der Waals surface area (Å²) in [6.45, 7) is 0. The molecular formula is C14H11BrN2O4. The van der Waals surface area contributed by atoms with Crippen molar-refractivity contribution in [3.8, 4) is 5.75 Å². The van der Waals surface area contributed by atoms with Crippen molar-refractivity contribution >= 4 is 33.2 Å². The van der Waals surface area contributed by atoms with Gasteiger partial charge in [-0.05, 0) is 24.3 Å². The molecule has 0 unspecified atom stereocenters. The van der Waals surface area contributed by atoms with Crippen LogP contribution in [0.4, 0.5) is 11.4 Å². The molecule has 6 nitrogen and oxygen atoms in total. The van der Waals surface area contributed by atoms with Crippen LogP contribution in [0.2, 0.25) is 0 Å². The SMILES string of the molecule is COc1ccc(Br)cc1NC(=O)c1ccccc1[N+](=O)[O-]. The average molecular weight is 351 g/mol. The summed E-state index contributed by atoms with van der Waals surface area (Å²) in [5, 5.41) is 13.6. The van der Waals surface area contributed by atoms with Crippen molar-refractivity contribution in [3.05, 3.63) is 62.6 Å². The van der Waals surface area contributed by atoms with E-state index in [9.17, 15) is 14.9 Å². The van der Waals surface area contributed by atoms with Gasteiger partial charge >= 0.3 is 0 Å². The van der Waals surface area contributed by atoms with Crippen LogP contribution < -0.4 is 10.1 Å². The maximum Gasteiger partial charge on any atom is 0.282 e. The summed E-state index contributed by atoms with van der Waals surface area (Å²) in [4.78, 5) is 22.6. The highest BCUT2D eigenvalue weighted by atomic mass is 79.9. The quantitative estimate of drug-likeness (QED) is 0.674. The number of rotatable bonds is 4. The molecule has 0 aliphatic heterocycles. The molecule has 21 heavy (non-hydrogen) atoms. The first-order valence-electron chi connectivity index (χ1n) is 5.91. The van der Waals surface area contributed by atoms with E-state index in [2.05, 4.69) is 21.2 Å². The van der Waals surface area contributed by atoms with E-state index < -0.39 is 10.8 Å². The van der Waals surface area contributed by atoms with Crippen LogP contribution in [-0.4, -0.2) is 17.9 Å². The van der Waals surface area contributed by atoms with Crippen LogP contribution in [0.25, 0.3) is 0 Å². The number of benzene rings is 2. The minimum absolute atomic E-state index is 0.00970. The number of nitrogens with one attached hydrogen (secondary N) is 1. The third kappa shape index (κ3) is 3.38. The number of halogens is 1. The molecule has 0 fully saturated rings. The molecule has 0 aliphatic rings. The topological polar surface area (TPSA) is 81.5 Å². The van der Waals surface area contributed by atoms with Gasteiger partial charge in [0.05, 0.1) is 17.7 Å². The Bertz CT molecular complexity index is 703. The second-order valence-corrected chi connectivity index (χ2v) is 4.99. The van der Waals surface area contributed by atoms with Crippen molar-refractivity contribution in [2.24, 2.45) is 0 Å². The zero-order valence-corrected chi connectivity index (χ0v) is 12.6. The Balaban J connectivity index is 2.35. The molecule has 0 saturated heterocycles. The monoisotopic (exact) mass is 350 g/mol. The predicted octanol–water partition coefficient (Wildman–Crippen LogP) is 3.62. The summed E-state index contributed by atoms with van der Waals surface area (Å²) in [5.41, 5.74) is 0.170. The zero-order valence-electron chi connectivity index (χ0n) is 11.0. The van der Waals surface area contributed by atoms with Gasteiger partial charge in [-0.15, -0.1) is 0 Å². The van der Waals surface area contributed by atoms with Crippen LogP contribution in [0.1, 0.15) is 10.4 Å². The van der Waals surface area contributed by atoms with Crippen LogP contribution in [0.5, 0.6) is 5.75 Å². The molecule has 2 aromatic rings. The van der Waals surface area contributed by atoms with Gasteiger partial charge in [0.2, 0.25) is 0 Å². The van der Waals surface area contributed by atoms with Crippen molar-refractivity contribution in [2.75, 3.05) is 12.4 Å². The van der Waals surface area contributed by atoms with Gasteiger partial charge < -0.3 is 10.1 Å². The second-order valence-electron chi connectivity index (χ2n) is 4.07. The smallest absolute Gasteiger partial charge is 0.282 e. The van der Waals surface area contributed by atoms with Crippen molar-refractivity contribution < 1.29 is 14.5 Å². The fourth-order valence-electron chi connectivity index (χ4n) is 1.79. The first-order valence-corrected chi connectivity index (χ1v) is 6.70. The zero-order chi connectivity index (χ0) is 15.4. The van der Waals surface area contributed by atoms with E-state index in [4.69, 9.17) is 4.74 Å². The highest BCUT2D eigenvalue weighted by Gasteiger charge is 2.20. The van der Waals surface area contributed by atoms with Crippen molar-refractivity contribution in [1.82, 2.24) is 0 Å². The molecule has 1 N–H and O–H groups in total. The maximum absolute atomic E-state index is 12.2. The standard InChI is InChI=1S/C14H11BrN2O4/c1-21-13-7-6-9(15)8-11(13)16-14(18)10-4-2-3-5-12(10)17(19)20/h2-8H,1H3,(H,16,18). The fraction of sp³-hybridized carbons (Fsp3) is 0.0714. The van der Waals surface area contributed by atoms with Crippen LogP contribution in [0.3, 0.4) is 0 Å². The lowest BCUT2D eigenvalue weighted by Crippen LogP contribution is -2.14. The van der Waals surface area contributed by atoms with Crippen molar-refractivity contribution in [2.45, 2.75) is 0 Å². The summed E-state index contributed by atoms with van der Waals surface area (Å²) in [6.07, 6.45) is 0. The van der Waals surface area contributed by atoms with E-state index in [1.54, 1.807) is 24.3 Å². The number of ether oxygens (including phenoxy) is 1. The van der Waals surface area contributed by atoms with E-state index in [1.807, 2.05) is 0 Å². The molecule has 0 spiro atoms. The second kappa shape index (κ2) is 6.36. The predicted molar refractivity (Wildman–Crippen MR) is 81.7 cm³/mol. The van der Waals surface area contributed by atoms with Crippen LogP contribution in [-0.2, 0) is 0 Å². The Morgan fingerprint density at radius 2 is 2.00 bits per heavy atom. The van der Waals surface area contributed by atoms with E-state index in [-0.39, 0.29) is 11.3 Å². The average Bonchev–Trinajstić information content (AvgIpc) is 2.47. The first-order chi connectivity index (χ1) is 10.0. The lowest BCUT2D eigenvalue weighted by Gasteiger charge is -2.10. The molecule has 7 heteroatoms. The molecule has 1 amide bonds. The molecule has 0 bridgehead atoms. The van der Waals surface area contributed by atoms with E-state index in [0.717, 1.165) is 4.47 Å². The number of amides is 1. The van der Waals surface area contributed by atoms with E-state index in [0.29, 0.717) is 11.4 Å². The number of methoxy groups -OCH3 is 1. The van der Waals surface area contributed by atoms with Crippen molar-refractivity contribution in [1.29, 1.82) is 0 Å². The van der Waals surface area contributed by atoms with Gasteiger partial charge in [-0.1, -0.05) is 28.1 Å². The number of carbonyl (C=O) groups excluding carboxylic acids is 1. The largest absolute Gasteiger partial charge is 0.495 e. The Hall–Kier alpha value is -2.41. The van der Waals surface area contributed by atoms with Gasteiger partial charge in [-0.2, -0.15) is 0 Å². The summed E-state index contributed by atoms with van der Waals surface area (Å²) in [6, 6.07) is 10.9. The molecule has 0 aromatic heterocycles. The maximum atomic E-state index is 12.2. The number of nitrogens with zero attached hydrogens (tertiary/aromatic N) is 1. The van der Waals surface area contributed by atoms with Crippen LogP contribution in [0, 0.1) is 10.1 Å². The van der Waals surface area contributed by atoms with Gasteiger partial charge in [0.25, 0.3) is 11.6 Å². The number of nitro benzene ring substituents is 1. The number of hydrogen-bond donors (Lipinski definition) is 1. The molecule has 108 valence electrons. The van der Waals surface area contributed by atoms with Gasteiger partial charge in [0.15, 0.2) is 0 Å². The lowest BCUT2D eigenvalue weighted by molar-refractivity contribution is -0.385. The highest BCUT2D eigenvalue weighted by molar-refractivity contribution is 9.10. The van der Waals surface area contributed by atoms with Crippen LogP contribution >= 0.6 is 15.9 Å². The number of nitro groups is 1. The normalized spacial score (nSPS) is 10.0. The highest BCUT2D eigenvalue weighted by Crippen LogP contribution is 2.29. The third-order valence-corrected chi connectivity index (χ3v) is 3.25. The summed E-state index contributed by atoms with van der Waals surface area (Å²) in [5.74, 6) is -0.108. The Kier molecular flexibility index (Phi) is 4.54. The molecule has 0 radical (unpaired) electrons. The van der Waals surface area contributed by atoms with Gasteiger partial charge in [0, 0.05) is 10.5 Å². The van der Waals surface area contributed by atoms with Crippen LogP contribution in [0.15, 0.2) is 46.9 Å². The fourth-order valence-corrected chi connectivity index (χ4v) is 2.15. The Morgan fingerprint density at radius 1 is 1.29 bits per heavy atom. The number of hydrogen-bond acceptors (Lipinski definition) is 4. The third-order valence-electron chi connectivity index (χ3n) is 2.76. The van der Waals surface area contributed by atoms with Gasteiger partial charge in [-0.25, -0.2) is 0 Å². The Labute approximate surface area is 129 Å². The molecule has 0 aliphatic carbocycles. The van der Waals surface area contributed by atoms with Crippen molar-refractivity contribution in [3.63, 3.8) is 0 Å². The number of para-hydroxylation sites is 1. The summed E-state index contributed by atoms with van der Waals surface area (Å²) >= 11 is 3.29. The molecule has 0 atom stereocenters. The van der Waals surface area contributed by atoms with E-state index >= 15 is 0 Å². The minimum atomic E-state index is -0.590. The van der Waals surface area contributed by atoms with Gasteiger partial charge in [-0.3, -0.25) is 14.9 Å². The molecule has 0 heterocycles. The number of carbonyl (C=O) groups is 1. The summed E-state index contributed by atoms with van der Waals surface area (Å²) in [7, 11) is 1.48. The first kappa shape index (κ1) is 15.0. The molecule has 2 rings (SSSR count). The van der Waals surface area contributed by atoms with E-state index in [1.165, 1.54) is 25.3 Å². The Morgan fingerprint density at radius 3 is 2.67 bits per heavy atom. The molecular weight excluding hydrogens is 340 g/mol. The van der Waals surface area contributed by atoms with Gasteiger partial charge in [0.1, 0.15) is 11.3 Å². The minimum Gasteiger partial charge on any atom is -0.495 e.